The number of unbranched alkanes of at least 4 members (excludes halogenated alkanes) is 2. The van der Waals surface area contributed by atoms with Crippen LogP contribution in [0.4, 0.5) is 0 Å². The number of hydrogen-bond donors (Lipinski definition) is 0. The summed E-state index contributed by atoms with van der Waals surface area (Å²) in [5.74, 6) is 3.12. The molecule has 4 saturated carbocycles. The van der Waals surface area contributed by atoms with E-state index in [1.807, 2.05) is 0 Å². The van der Waals surface area contributed by atoms with Crippen molar-refractivity contribution >= 4 is 5.97 Å². The van der Waals surface area contributed by atoms with Gasteiger partial charge in [-0.3, -0.25) is 4.79 Å². The molecule has 0 amide bonds. The van der Waals surface area contributed by atoms with Crippen LogP contribution < -0.4 is 0 Å². The Morgan fingerprint density at radius 1 is 0.812 bits per heavy atom. The molecular formula is C30H54O2. The summed E-state index contributed by atoms with van der Waals surface area (Å²) >= 11 is 0. The summed E-state index contributed by atoms with van der Waals surface area (Å²) in [6.07, 6.45) is 15.6. The number of esters is 1. The number of ether oxygens (including phenoxy) is 1. The van der Waals surface area contributed by atoms with E-state index in [-0.39, 0.29) is 22.4 Å². The first-order valence-electron chi connectivity index (χ1n) is 14.2. The molecule has 0 radical (unpaired) electrons. The third kappa shape index (κ3) is 4.81. The fourth-order valence-electron chi connectivity index (χ4n) is 8.27. The van der Waals surface area contributed by atoms with Crippen LogP contribution >= 0.6 is 0 Å². The molecule has 0 aliphatic heterocycles. The van der Waals surface area contributed by atoms with Crippen molar-refractivity contribution < 1.29 is 9.53 Å². The van der Waals surface area contributed by atoms with Gasteiger partial charge in [-0.05, 0) is 99.2 Å². The summed E-state index contributed by atoms with van der Waals surface area (Å²) in [6, 6.07) is 0. The fraction of sp³-hybridized carbons (Fsp3) is 0.967. The molecule has 4 bridgehead atoms. The zero-order valence-electron chi connectivity index (χ0n) is 22.8. The maximum atomic E-state index is 14.4. The van der Waals surface area contributed by atoms with Crippen LogP contribution in [0.5, 0.6) is 0 Å². The largest absolute Gasteiger partial charge is 0.458 e. The lowest BCUT2D eigenvalue weighted by Gasteiger charge is -2.61. The van der Waals surface area contributed by atoms with Gasteiger partial charge in [-0.1, -0.05) is 74.1 Å². The average Bonchev–Trinajstić information content (AvgIpc) is 2.72. The third-order valence-corrected chi connectivity index (χ3v) is 10.5. The van der Waals surface area contributed by atoms with Crippen LogP contribution in [0.25, 0.3) is 0 Å². The minimum Gasteiger partial charge on any atom is -0.458 e. The molecule has 2 nitrogen and oxygen atoms in total. The van der Waals surface area contributed by atoms with Gasteiger partial charge < -0.3 is 4.74 Å². The lowest BCUT2D eigenvalue weighted by molar-refractivity contribution is -0.226. The van der Waals surface area contributed by atoms with Crippen molar-refractivity contribution in [1.82, 2.24) is 0 Å². The van der Waals surface area contributed by atoms with E-state index in [2.05, 4.69) is 55.4 Å². The predicted octanol–water partition coefficient (Wildman–Crippen LogP) is 8.96. The van der Waals surface area contributed by atoms with Gasteiger partial charge in [-0.15, -0.1) is 0 Å². The molecule has 0 heterocycles. The van der Waals surface area contributed by atoms with Crippen LogP contribution in [-0.4, -0.2) is 11.6 Å². The molecule has 2 heteroatoms. The van der Waals surface area contributed by atoms with E-state index in [1.54, 1.807) is 0 Å². The number of hydrogen-bond acceptors (Lipinski definition) is 2. The first-order chi connectivity index (χ1) is 14.9. The fourth-order valence-corrected chi connectivity index (χ4v) is 8.27. The zero-order valence-corrected chi connectivity index (χ0v) is 22.8. The number of rotatable bonds is 12. The Balaban J connectivity index is 1.89. The van der Waals surface area contributed by atoms with E-state index in [0.29, 0.717) is 11.8 Å². The lowest BCUT2D eigenvalue weighted by atomic mass is 9.49. The summed E-state index contributed by atoms with van der Waals surface area (Å²) < 4.78 is 6.91. The van der Waals surface area contributed by atoms with Gasteiger partial charge in [0.25, 0.3) is 0 Å². The summed E-state index contributed by atoms with van der Waals surface area (Å²) in [5.41, 5.74) is -0.558. The van der Waals surface area contributed by atoms with Crippen LogP contribution in [0, 0.1) is 39.9 Å². The molecule has 1 unspecified atom stereocenters. The highest BCUT2D eigenvalue weighted by Gasteiger charge is 2.60. The van der Waals surface area contributed by atoms with Crippen molar-refractivity contribution in [2.24, 2.45) is 39.9 Å². The Kier molecular flexibility index (Phi) is 7.83. The molecule has 4 fully saturated rings. The van der Waals surface area contributed by atoms with Crippen molar-refractivity contribution in [3.8, 4) is 0 Å². The number of carbonyl (C=O) groups excluding carboxylic acids is 1. The van der Waals surface area contributed by atoms with Crippen molar-refractivity contribution in [3.63, 3.8) is 0 Å². The highest BCUT2D eigenvalue weighted by Crippen LogP contribution is 2.62. The van der Waals surface area contributed by atoms with Gasteiger partial charge in [0.2, 0.25) is 0 Å². The third-order valence-electron chi connectivity index (χ3n) is 10.5. The zero-order chi connectivity index (χ0) is 23.8. The van der Waals surface area contributed by atoms with Crippen LogP contribution in [-0.2, 0) is 9.53 Å². The molecular weight excluding hydrogens is 392 g/mol. The molecule has 0 saturated heterocycles. The molecule has 0 spiro atoms. The van der Waals surface area contributed by atoms with Gasteiger partial charge >= 0.3 is 5.97 Å². The van der Waals surface area contributed by atoms with E-state index in [0.717, 1.165) is 31.1 Å². The first-order valence-corrected chi connectivity index (χ1v) is 14.2. The normalized spacial score (nSPS) is 33.9. The Morgan fingerprint density at radius 2 is 1.31 bits per heavy atom. The molecule has 4 rings (SSSR count). The highest BCUT2D eigenvalue weighted by molar-refractivity contribution is 5.78. The Bertz CT molecular complexity index is 617. The van der Waals surface area contributed by atoms with Gasteiger partial charge in [0, 0.05) is 0 Å². The highest BCUT2D eigenvalue weighted by atomic mass is 16.6. The summed E-state index contributed by atoms with van der Waals surface area (Å²) in [7, 11) is 0. The van der Waals surface area contributed by atoms with Crippen LogP contribution in [0.3, 0.4) is 0 Å². The summed E-state index contributed by atoms with van der Waals surface area (Å²) in [4.78, 5) is 14.4. The van der Waals surface area contributed by atoms with Gasteiger partial charge in [-0.25, -0.2) is 0 Å². The molecule has 0 aromatic rings. The number of carbonyl (C=O) groups is 1. The van der Waals surface area contributed by atoms with E-state index >= 15 is 0 Å². The molecule has 0 N–H and O–H groups in total. The van der Waals surface area contributed by atoms with Crippen molar-refractivity contribution in [2.45, 2.75) is 144 Å². The molecule has 4 aliphatic carbocycles. The molecule has 1 atom stereocenters. The maximum absolute atomic E-state index is 14.4. The Morgan fingerprint density at radius 3 is 1.78 bits per heavy atom. The lowest BCUT2D eigenvalue weighted by Crippen LogP contribution is -2.61. The predicted molar refractivity (Wildman–Crippen MR) is 135 cm³/mol. The van der Waals surface area contributed by atoms with Crippen LogP contribution in [0.2, 0.25) is 0 Å². The van der Waals surface area contributed by atoms with E-state index < -0.39 is 5.41 Å². The Labute approximate surface area is 200 Å². The van der Waals surface area contributed by atoms with Crippen molar-refractivity contribution in [3.05, 3.63) is 0 Å². The van der Waals surface area contributed by atoms with E-state index in [1.165, 1.54) is 64.2 Å². The van der Waals surface area contributed by atoms with Crippen LogP contribution in [0.1, 0.15) is 139 Å². The van der Waals surface area contributed by atoms with Gasteiger partial charge in [0.1, 0.15) is 5.60 Å². The van der Waals surface area contributed by atoms with Gasteiger partial charge in [-0.2, -0.15) is 0 Å². The molecule has 0 aromatic carbocycles. The van der Waals surface area contributed by atoms with Gasteiger partial charge in [0.05, 0.1) is 5.41 Å². The summed E-state index contributed by atoms with van der Waals surface area (Å²) in [5, 5.41) is 0. The molecule has 186 valence electrons. The first kappa shape index (κ1) is 26.1. The minimum absolute atomic E-state index is 0.0651. The quantitative estimate of drug-likeness (QED) is 0.280. The second kappa shape index (κ2) is 9.61. The minimum atomic E-state index is -0.448. The second-order valence-electron chi connectivity index (χ2n) is 13.8. The van der Waals surface area contributed by atoms with E-state index in [9.17, 15) is 4.79 Å². The van der Waals surface area contributed by atoms with Crippen molar-refractivity contribution in [1.29, 1.82) is 0 Å². The smallest absolute Gasteiger partial charge is 0.312 e. The van der Waals surface area contributed by atoms with Gasteiger partial charge in [0.15, 0.2) is 0 Å². The molecule has 32 heavy (non-hydrogen) atoms. The monoisotopic (exact) mass is 446 g/mol. The standard InChI is InChI=1S/C30H54O2/c1-9-12-14-27(4,5)21-29(8,28(6,7)15-13-10-2)26(31)32-30(11-3)24-17-22-16-23(19-24)20-25(30)18-22/h22-25H,9-21H2,1-8H3. The van der Waals surface area contributed by atoms with Crippen LogP contribution in [0.15, 0.2) is 0 Å². The SMILES string of the molecule is CCCCC(C)(C)CC(C)(C(=O)OC1(CC)C2CC3CC(C2)CC1C3)C(C)(C)CCCC. The second-order valence-corrected chi connectivity index (χ2v) is 13.8. The summed E-state index contributed by atoms with van der Waals surface area (Å²) in [6.45, 7) is 18.5. The molecule has 0 aromatic heterocycles. The molecule has 4 aliphatic rings. The Hall–Kier alpha value is -0.530. The maximum Gasteiger partial charge on any atom is 0.312 e. The van der Waals surface area contributed by atoms with E-state index in [4.69, 9.17) is 4.74 Å². The average molecular weight is 447 g/mol. The topological polar surface area (TPSA) is 26.3 Å². The van der Waals surface area contributed by atoms with Crippen molar-refractivity contribution in [2.75, 3.05) is 0 Å².